The molecule has 2 heterocycles. The summed E-state index contributed by atoms with van der Waals surface area (Å²) < 4.78 is 13.1. The minimum Gasteiger partial charge on any atom is -0.385 e. The van der Waals surface area contributed by atoms with E-state index in [0.29, 0.717) is 29.1 Å². The number of anilines is 2. The lowest BCUT2D eigenvalue weighted by Gasteiger charge is -2.27. The van der Waals surface area contributed by atoms with Gasteiger partial charge in [0.2, 0.25) is 0 Å². The predicted octanol–water partition coefficient (Wildman–Crippen LogP) is 4.39. The third-order valence-electron chi connectivity index (χ3n) is 6.06. The number of pyridine rings is 1. The maximum Gasteiger partial charge on any atom is 0.257 e. The molecule has 6 heteroatoms. The van der Waals surface area contributed by atoms with Crippen molar-refractivity contribution >= 4 is 17.3 Å². The van der Waals surface area contributed by atoms with E-state index in [2.05, 4.69) is 21.7 Å². The van der Waals surface area contributed by atoms with Crippen molar-refractivity contribution in [3.63, 3.8) is 0 Å². The number of nitrogens with two attached hydrogens (primary N) is 1. The Morgan fingerprint density at radius 1 is 1.13 bits per heavy atom. The average molecular weight is 402 g/mol. The van der Waals surface area contributed by atoms with Gasteiger partial charge in [-0.15, -0.1) is 0 Å². The number of hydrogen-bond donors (Lipinski definition) is 3. The van der Waals surface area contributed by atoms with Gasteiger partial charge < -0.3 is 16.4 Å². The maximum absolute atomic E-state index is 13.1. The van der Waals surface area contributed by atoms with E-state index in [-0.39, 0.29) is 11.7 Å². The number of hydrogen-bond acceptors (Lipinski definition) is 4. The van der Waals surface area contributed by atoms with Gasteiger partial charge in [0.05, 0.1) is 11.3 Å². The van der Waals surface area contributed by atoms with Crippen molar-refractivity contribution in [3.05, 3.63) is 77.7 Å². The molecule has 1 saturated carbocycles. The van der Waals surface area contributed by atoms with Crippen LogP contribution >= 0.6 is 0 Å². The van der Waals surface area contributed by atoms with Crippen molar-refractivity contribution < 1.29 is 9.18 Å². The first-order valence-electron chi connectivity index (χ1n) is 10.3. The summed E-state index contributed by atoms with van der Waals surface area (Å²) in [6.45, 7) is 0.924. The number of rotatable bonds is 4. The van der Waals surface area contributed by atoms with Crippen LogP contribution in [0, 0.1) is 11.7 Å². The molecule has 1 aromatic heterocycles. The van der Waals surface area contributed by atoms with Crippen molar-refractivity contribution in [2.75, 3.05) is 17.2 Å². The second-order valence-corrected chi connectivity index (χ2v) is 8.08. The summed E-state index contributed by atoms with van der Waals surface area (Å²) in [6.07, 6.45) is 3.74. The van der Waals surface area contributed by atoms with E-state index in [0.717, 1.165) is 36.3 Å². The predicted molar refractivity (Wildman–Crippen MR) is 116 cm³/mol. The van der Waals surface area contributed by atoms with Crippen molar-refractivity contribution in [1.29, 1.82) is 0 Å². The maximum atomic E-state index is 13.1. The monoisotopic (exact) mass is 402 g/mol. The fourth-order valence-corrected chi connectivity index (χ4v) is 4.29. The molecule has 1 aliphatic heterocycles. The molecule has 3 unspecified atom stereocenters. The number of nitrogens with zero attached hydrogens (tertiary/aromatic N) is 1. The van der Waals surface area contributed by atoms with E-state index in [9.17, 15) is 9.18 Å². The van der Waals surface area contributed by atoms with E-state index in [1.54, 1.807) is 24.3 Å². The van der Waals surface area contributed by atoms with Crippen molar-refractivity contribution in [2.24, 2.45) is 11.7 Å². The summed E-state index contributed by atoms with van der Waals surface area (Å²) in [4.78, 5) is 17.0. The number of fused-ring (bicyclic) bond motifs is 1. The van der Waals surface area contributed by atoms with Gasteiger partial charge in [0, 0.05) is 35.7 Å². The Kier molecular flexibility index (Phi) is 4.71. The summed E-state index contributed by atoms with van der Waals surface area (Å²) in [5.74, 6) is 0.575. The van der Waals surface area contributed by atoms with Crippen LogP contribution in [-0.4, -0.2) is 23.5 Å². The molecule has 4 N–H and O–H groups in total. The third-order valence-corrected chi connectivity index (χ3v) is 6.06. The minimum atomic E-state index is -0.291. The smallest absolute Gasteiger partial charge is 0.257 e. The molecule has 5 rings (SSSR count). The topological polar surface area (TPSA) is 80.0 Å². The van der Waals surface area contributed by atoms with Gasteiger partial charge in [-0.2, -0.15) is 0 Å². The number of nitrogens with one attached hydrogen (secondary N) is 2. The van der Waals surface area contributed by atoms with Gasteiger partial charge in [0.1, 0.15) is 5.82 Å². The summed E-state index contributed by atoms with van der Waals surface area (Å²) in [7, 11) is 0. The quantitative estimate of drug-likeness (QED) is 0.605. The number of carbonyl (C=O) groups excluding carboxylic acids is 1. The summed E-state index contributed by atoms with van der Waals surface area (Å²) in [5.41, 5.74) is 11.1. The largest absolute Gasteiger partial charge is 0.385 e. The molecule has 3 atom stereocenters. The van der Waals surface area contributed by atoms with E-state index >= 15 is 0 Å². The zero-order valence-corrected chi connectivity index (χ0v) is 16.4. The zero-order chi connectivity index (χ0) is 20.7. The number of benzene rings is 2. The third kappa shape index (κ3) is 3.66. The van der Waals surface area contributed by atoms with Crippen LogP contribution in [0.2, 0.25) is 0 Å². The fourth-order valence-electron chi connectivity index (χ4n) is 4.29. The van der Waals surface area contributed by atoms with Gasteiger partial charge in [-0.3, -0.25) is 9.78 Å². The SMILES string of the molecule is NC1CC1C1CCNc2cc(NC(=O)c3ccc(-c4ccc(F)cc4)nc3)ccc21. The van der Waals surface area contributed by atoms with E-state index in [1.807, 2.05) is 12.1 Å². The number of carbonyl (C=O) groups is 1. The summed E-state index contributed by atoms with van der Waals surface area (Å²) >= 11 is 0. The molecule has 2 aliphatic rings. The van der Waals surface area contributed by atoms with Crippen LogP contribution in [0.25, 0.3) is 11.3 Å². The Balaban J connectivity index is 1.30. The number of halogens is 1. The Morgan fingerprint density at radius 3 is 2.63 bits per heavy atom. The Bertz CT molecular complexity index is 1080. The fraction of sp³-hybridized carbons (Fsp3) is 0.250. The standard InChI is InChI=1S/C24H23FN4O/c25-16-4-1-14(2-5-16)22-8-3-15(13-28-22)24(30)29-17-6-7-19-18(20-12-21(20)26)9-10-27-23(19)11-17/h1-8,11,13,18,20-21,27H,9-10,12,26H2,(H,29,30). The highest BCUT2D eigenvalue weighted by atomic mass is 19.1. The van der Waals surface area contributed by atoms with Crippen LogP contribution in [0.5, 0.6) is 0 Å². The van der Waals surface area contributed by atoms with Gasteiger partial charge in [-0.25, -0.2) is 4.39 Å². The molecular weight excluding hydrogens is 379 g/mol. The van der Waals surface area contributed by atoms with Crippen molar-refractivity contribution in [1.82, 2.24) is 4.98 Å². The van der Waals surface area contributed by atoms with Gasteiger partial charge in [-0.1, -0.05) is 6.07 Å². The lowest BCUT2D eigenvalue weighted by molar-refractivity contribution is 0.102. The molecule has 3 aromatic rings. The zero-order valence-electron chi connectivity index (χ0n) is 16.4. The first-order chi connectivity index (χ1) is 14.6. The van der Waals surface area contributed by atoms with Crippen LogP contribution in [-0.2, 0) is 0 Å². The van der Waals surface area contributed by atoms with Crippen LogP contribution in [0.1, 0.15) is 34.7 Å². The molecule has 0 bridgehead atoms. The molecule has 0 saturated heterocycles. The van der Waals surface area contributed by atoms with Gasteiger partial charge in [-0.05, 0) is 78.8 Å². The second-order valence-electron chi connectivity index (χ2n) is 8.08. The van der Waals surface area contributed by atoms with Crippen molar-refractivity contribution in [2.45, 2.75) is 24.8 Å². The Morgan fingerprint density at radius 2 is 1.93 bits per heavy atom. The van der Waals surface area contributed by atoms with E-state index in [1.165, 1.54) is 23.9 Å². The molecule has 1 amide bonds. The molecule has 1 aliphatic carbocycles. The minimum absolute atomic E-state index is 0.218. The van der Waals surface area contributed by atoms with Gasteiger partial charge >= 0.3 is 0 Å². The molecular formula is C24H23FN4O. The van der Waals surface area contributed by atoms with Gasteiger partial charge in [0.25, 0.3) is 5.91 Å². The molecule has 5 nitrogen and oxygen atoms in total. The van der Waals surface area contributed by atoms with Crippen LogP contribution in [0.4, 0.5) is 15.8 Å². The van der Waals surface area contributed by atoms with Crippen molar-refractivity contribution in [3.8, 4) is 11.3 Å². The lowest BCUT2D eigenvalue weighted by atomic mass is 9.86. The second kappa shape index (κ2) is 7.54. The molecule has 0 spiro atoms. The molecule has 30 heavy (non-hydrogen) atoms. The highest BCUT2D eigenvalue weighted by Gasteiger charge is 2.42. The first kappa shape index (κ1) is 18.8. The summed E-state index contributed by atoms with van der Waals surface area (Å²) in [5, 5.41) is 6.39. The average Bonchev–Trinajstić information content (AvgIpc) is 3.50. The van der Waals surface area contributed by atoms with E-state index in [4.69, 9.17) is 5.73 Å². The molecule has 2 aromatic carbocycles. The Hall–Kier alpha value is -3.25. The lowest BCUT2D eigenvalue weighted by Crippen LogP contribution is -2.21. The Labute approximate surface area is 174 Å². The normalized spacial score (nSPS) is 22.0. The van der Waals surface area contributed by atoms with Crippen LogP contribution in [0.15, 0.2) is 60.8 Å². The first-order valence-corrected chi connectivity index (χ1v) is 10.3. The molecule has 0 radical (unpaired) electrons. The highest BCUT2D eigenvalue weighted by molar-refractivity contribution is 6.04. The van der Waals surface area contributed by atoms with E-state index < -0.39 is 0 Å². The number of aromatic nitrogens is 1. The molecule has 1 fully saturated rings. The summed E-state index contributed by atoms with van der Waals surface area (Å²) in [6, 6.07) is 16.0. The van der Waals surface area contributed by atoms with Crippen LogP contribution < -0.4 is 16.4 Å². The highest BCUT2D eigenvalue weighted by Crippen LogP contribution is 2.47. The van der Waals surface area contributed by atoms with Crippen LogP contribution in [0.3, 0.4) is 0 Å². The molecule has 152 valence electrons. The van der Waals surface area contributed by atoms with Gasteiger partial charge in [0.15, 0.2) is 0 Å². The number of amides is 1.